The molecule has 1 fully saturated rings. The van der Waals surface area contributed by atoms with Gasteiger partial charge in [-0.15, -0.1) is 0 Å². The number of pyridine rings is 1. The smallest absolute Gasteiger partial charge is 0.189 e. The summed E-state index contributed by atoms with van der Waals surface area (Å²) in [6.45, 7) is 2.46. The fraction of sp³-hybridized carbons (Fsp3) is 0.182. The third kappa shape index (κ3) is 4.90. The first-order chi connectivity index (χ1) is 20.0. The summed E-state index contributed by atoms with van der Waals surface area (Å²) in [5, 5.41) is 1.06. The Balaban J connectivity index is 1.15. The molecule has 7 rings (SSSR count). The number of fused-ring (bicyclic) bond motifs is 2. The molecule has 1 aliphatic rings. The summed E-state index contributed by atoms with van der Waals surface area (Å²) in [6.07, 6.45) is 5.47. The van der Waals surface area contributed by atoms with Crippen LogP contribution < -0.4 is 5.73 Å². The van der Waals surface area contributed by atoms with Crippen LogP contribution in [0.4, 0.5) is 5.82 Å². The summed E-state index contributed by atoms with van der Waals surface area (Å²) in [6, 6.07) is 28.2. The van der Waals surface area contributed by atoms with E-state index in [0.29, 0.717) is 23.2 Å². The number of nitrogen functional groups attached to an aromatic ring is 1. The minimum absolute atomic E-state index is 0.253. The molecule has 3 aromatic heterocycles. The van der Waals surface area contributed by atoms with Crippen molar-refractivity contribution in [3.63, 3.8) is 0 Å². The van der Waals surface area contributed by atoms with Crippen LogP contribution in [0.5, 0.6) is 0 Å². The predicted molar refractivity (Wildman–Crippen MR) is 163 cm³/mol. The number of imidazole rings is 1. The van der Waals surface area contributed by atoms with Crippen LogP contribution in [0, 0.1) is 12.8 Å². The molecule has 0 saturated heterocycles. The first kappa shape index (κ1) is 25.6. The van der Waals surface area contributed by atoms with Crippen LogP contribution in [0.2, 0.25) is 0 Å². The molecule has 204 valence electrons. The number of benzene rings is 3. The number of aromatic nitrogens is 4. The number of nitrogens with two attached hydrogens (primary N) is 1. The van der Waals surface area contributed by atoms with E-state index in [9.17, 15) is 4.21 Å². The summed E-state index contributed by atoms with van der Waals surface area (Å²) >= 11 is -1.46. The van der Waals surface area contributed by atoms with Gasteiger partial charge in [-0.2, -0.15) is 0 Å². The van der Waals surface area contributed by atoms with Crippen molar-refractivity contribution >= 4 is 33.3 Å². The summed E-state index contributed by atoms with van der Waals surface area (Å²) in [5.41, 5.74) is 13.0. The lowest BCUT2D eigenvalue weighted by molar-refractivity contribution is 0.165. The number of hydrogen-bond donors (Lipinski definition) is 1. The van der Waals surface area contributed by atoms with Crippen LogP contribution in [0.25, 0.3) is 38.9 Å². The highest BCUT2D eigenvalue weighted by Crippen LogP contribution is 2.43. The Morgan fingerprint density at radius 1 is 0.951 bits per heavy atom. The van der Waals surface area contributed by atoms with E-state index in [-0.39, 0.29) is 5.92 Å². The van der Waals surface area contributed by atoms with Crippen LogP contribution in [-0.4, -0.2) is 30.2 Å². The second kappa shape index (κ2) is 10.5. The zero-order chi connectivity index (χ0) is 27.9. The van der Waals surface area contributed by atoms with Crippen molar-refractivity contribution in [2.24, 2.45) is 5.92 Å². The van der Waals surface area contributed by atoms with Crippen LogP contribution >= 0.6 is 0 Å². The fourth-order valence-electron chi connectivity index (χ4n) is 5.57. The molecule has 0 spiro atoms. The molecule has 0 radical (unpaired) electrons. The Morgan fingerprint density at radius 3 is 2.54 bits per heavy atom. The standard InChI is InChI=1S/C33H29N5O2S/c1-21-7-12-27(13-8-21)41(39)40-20-22-17-26(18-22)33-37-30(31-32(34)35-15-16-38(31)33)25-10-9-24-11-14-28(36-29(24)19-25)23-5-3-2-4-6-23/h2-16,19,22,26H,17-18,20H2,1H3,(H2,34,35). The third-order valence-corrected chi connectivity index (χ3v) is 8.88. The normalized spacial score (nSPS) is 17.5. The van der Waals surface area contributed by atoms with E-state index in [1.54, 1.807) is 6.20 Å². The van der Waals surface area contributed by atoms with Gasteiger partial charge in [0, 0.05) is 34.8 Å². The van der Waals surface area contributed by atoms with Crippen molar-refractivity contribution in [2.45, 2.75) is 30.6 Å². The number of anilines is 1. The molecule has 1 saturated carbocycles. The lowest BCUT2D eigenvalue weighted by Crippen LogP contribution is -2.27. The van der Waals surface area contributed by atoms with Crippen molar-refractivity contribution in [1.82, 2.24) is 19.4 Å². The Labute approximate surface area is 240 Å². The molecular formula is C33H29N5O2S. The second-order valence-electron chi connectivity index (χ2n) is 10.7. The molecule has 0 aliphatic heterocycles. The van der Waals surface area contributed by atoms with Gasteiger partial charge in [0.05, 0.1) is 22.7 Å². The van der Waals surface area contributed by atoms with Gasteiger partial charge in [-0.25, -0.2) is 19.2 Å². The molecule has 1 aliphatic carbocycles. The molecule has 8 heteroatoms. The van der Waals surface area contributed by atoms with Crippen molar-refractivity contribution in [3.05, 3.63) is 109 Å². The SMILES string of the molecule is Cc1ccc(S(=O)OCC2CC(c3nc(-c4ccc5ccc(-c6ccccc6)nc5c4)c4c(N)nccn34)C2)cc1. The highest BCUT2D eigenvalue weighted by atomic mass is 32.2. The average molecular weight is 560 g/mol. The van der Waals surface area contributed by atoms with Crippen LogP contribution in [0.3, 0.4) is 0 Å². The van der Waals surface area contributed by atoms with Gasteiger partial charge in [0.25, 0.3) is 0 Å². The van der Waals surface area contributed by atoms with E-state index in [0.717, 1.165) is 63.2 Å². The second-order valence-corrected chi connectivity index (χ2v) is 11.9. The molecule has 7 nitrogen and oxygen atoms in total. The zero-order valence-electron chi connectivity index (χ0n) is 22.6. The Bertz CT molecular complexity index is 1900. The van der Waals surface area contributed by atoms with E-state index in [2.05, 4.69) is 51.8 Å². The average Bonchev–Trinajstić information content (AvgIpc) is 3.37. The summed E-state index contributed by atoms with van der Waals surface area (Å²) in [7, 11) is 0. The number of aryl methyl sites for hydroxylation is 1. The lowest BCUT2D eigenvalue weighted by Gasteiger charge is -2.33. The Morgan fingerprint density at radius 2 is 1.73 bits per heavy atom. The molecule has 0 bridgehead atoms. The maximum absolute atomic E-state index is 12.6. The van der Waals surface area contributed by atoms with E-state index in [4.69, 9.17) is 19.9 Å². The maximum Gasteiger partial charge on any atom is 0.189 e. The van der Waals surface area contributed by atoms with Crippen molar-refractivity contribution < 1.29 is 8.39 Å². The molecule has 1 unspecified atom stereocenters. The summed E-state index contributed by atoms with van der Waals surface area (Å²) < 4.78 is 20.4. The van der Waals surface area contributed by atoms with E-state index >= 15 is 0 Å². The first-order valence-corrected chi connectivity index (χ1v) is 14.8. The predicted octanol–water partition coefficient (Wildman–Crippen LogP) is 6.74. The summed E-state index contributed by atoms with van der Waals surface area (Å²) in [4.78, 5) is 15.1. The van der Waals surface area contributed by atoms with Gasteiger partial charge < -0.3 is 5.73 Å². The molecule has 0 amide bonds. The minimum atomic E-state index is -1.46. The van der Waals surface area contributed by atoms with E-state index < -0.39 is 11.1 Å². The highest BCUT2D eigenvalue weighted by molar-refractivity contribution is 7.80. The van der Waals surface area contributed by atoms with Crippen molar-refractivity contribution in [2.75, 3.05) is 12.3 Å². The van der Waals surface area contributed by atoms with Gasteiger partial charge in [-0.1, -0.05) is 66.2 Å². The highest BCUT2D eigenvalue weighted by Gasteiger charge is 2.35. The first-order valence-electron chi connectivity index (χ1n) is 13.7. The van der Waals surface area contributed by atoms with Crippen LogP contribution in [-0.2, 0) is 15.3 Å². The lowest BCUT2D eigenvalue weighted by atomic mass is 9.75. The van der Waals surface area contributed by atoms with E-state index in [1.165, 1.54) is 0 Å². The topological polar surface area (TPSA) is 95.4 Å². The third-order valence-electron chi connectivity index (χ3n) is 7.87. The summed E-state index contributed by atoms with van der Waals surface area (Å²) in [5.74, 6) is 1.99. The van der Waals surface area contributed by atoms with Gasteiger partial charge in [-0.3, -0.25) is 8.58 Å². The van der Waals surface area contributed by atoms with Gasteiger partial charge in [0.15, 0.2) is 11.1 Å². The molecule has 2 N–H and O–H groups in total. The van der Waals surface area contributed by atoms with Crippen LogP contribution in [0.1, 0.15) is 30.1 Å². The van der Waals surface area contributed by atoms with Crippen molar-refractivity contribution in [1.29, 1.82) is 0 Å². The zero-order valence-corrected chi connectivity index (χ0v) is 23.4. The molecule has 3 heterocycles. The van der Waals surface area contributed by atoms with Crippen molar-refractivity contribution in [3.8, 4) is 22.5 Å². The largest absolute Gasteiger partial charge is 0.382 e. The molecule has 6 aromatic rings. The quantitative estimate of drug-likeness (QED) is 0.233. The van der Waals surface area contributed by atoms with Gasteiger partial charge in [0.1, 0.15) is 22.9 Å². The van der Waals surface area contributed by atoms with Gasteiger partial charge in [-0.05, 0) is 49.9 Å². The Kier molecular flexibility index (Phi) is 6.57. The number of nitrogens with zero attached hydrogens (tertiary/aromatic N) is 4. The van der Waals surface area contributed by atoms with Gasteiger partial charge >= 0.3 is 0 Å². The van der Waals surface area contributed by atoms with Gasteiger partial charge in [0.2, 0.25) is 0 Å². The number of hydrogen-bond acceptors (Lipinski definition) is 6. The van der Waals surface area contributed by atoms with Crippen LogP contribution in [0.15, 0.2) is 102 Å². The minimum Gasteiger partial charge on any atom is -0.382 e. The fourth-order valence-corrected chi connectivity index (χ4v) is 6.38. The molecule has 1 atom stereocenters. The molecule has 3 aromatic carbocycles. The molecule has 41 heavy (non-hydrogen) atoms. The Hall–Kier alpha value is -4.40. The maximum atomic E-state index is 12.6. The monoisotopic (exact) mass is 559 g/mol. The molecular weight excluding hydrogens is 530 g/mol. The number of rotatable bonds is 7. The van der Waals surface area contributed by atoms with E-state index in [1.807, 2.05) is 55.6 Å².